The average molecular weight is 311 g/mol. The normalized spacial score (nSPS) is 24.1. The molecule has 2 aliphatic rings. The Morgan fingerprint density at radius 3 is 3.00 bits per heavy atom. The van der Waals surface area contributed by atoms with Crippen LogP contribution in [0.4, 0.5) is 4.79 Å². The number of carbonyl (C=O) groups excluding carboxylic acids is 1. The van der Waals surface area contributed by atoms with Crippen molar-refractivity contribution in [3.8, 4) is 5.75 Å². The Hall–Kier alpha value is -1.49. The zero-order valence-electron chi connectivity index (χ0n) is 12.5. The van der Waals surface area contributed by atoms with Gasteiger partial charge in [0.15, 0.2) is 0 Å². The van der Waals surface area contributed by atoms with Gasteiger partial charge in [-0.3, -0.25) is 0 Å². The lowest BCUT2D eigenvalue weighted by molar-refractivity contribution is 0.0232. The molecule has 0 aliphatic carbocycles. The van der Waals surface area contributed by atoms with E-state index in [0.29, 0.717) is 18.2 Å². The van der Waals surface area contributed by atoms with Crippen molar-refractivity contribution in [1.82, 2.24) is 9.88 Å². The monoisotopic (exact) mass is 310 g/mol. The Morgan fingerprint density at radius 2 is 2.29 bits per heavy atom. The first kappa shape index (κ1) is 14.4. The molecule has 1 aromatic heterocycles. The van der Waals surface area contributed by atoms with Gasteiger partial charge >= 0.3 is 6.09 Å². The minimum atomic E-state index is -0.482. The van der Waals surface area contributed by atoms with Crippen molar-refractivity contribution < 1.29 is 14.3 Å². The van der Waals surface area contributed by atoms with E-state index < -0.39 is 5.60 Å². The molecule has 1 unspecified atom stereocenters. The summed E-state index contributed by atoms with van der Waals surface area (Å²) in [6, 6.07) is 1.74. The summed E-state index contributed by atoms with van der Waals surface area (Å²) in [5.41, 5.74) is 0.209. The van der Waals surface area contributed by atoms with Gasteiger partial charge in [0.1, 0.15) is 22.1 Å². The summed E-state index contributed by atoms with van der Waals surface area (Å²) in [5.74, 6) is 0.779. The first-order valence-corrected chi connectivity index (χ1v) is 7.46. The SMILES string of the molecule is CC(C)(C)OC(=O)N1CCC2(Cc3cnc(Cl)cc3O2)C1. The van der Waals surface area contributed by atoms with E-state index in [2.05, 4.69) is 4.98 Å². The number of pyridine rings is 1. The second kappa shape index (κ2) is 4.77. The Morgan fingerprint density at radius 1 is 1.52 bits per heavy atom. The summed E-state index contributed by atoms with van der Waals surface area (Å²) in [6.07, 6.45) is 3.02. The molecule has 0 saturated carbocycles. The quantitative estimate of drug-likeness (QED) is 0.691. The van der Waals surface area contributed by atoms with E-state index in [-0.39, 0.29) is 11.7 Å². The molecule has 0 aromatic carbocycles. The summed E-state index contributed by atoms with van der Waals surface area (Å²) in [6.45, 7) is 6.78. The number of hydrogen-bond acceptors (Lipinski definition) is 4. The maximum Gasteiger partial charge on any atom is 0.410 e. The Bertz CT molecular complexity index is 585. The molecule has 1 fully saturated rings. The van der Waals surface area contributed by atoms with Crippen LogP contribution < -0.4 is 4.74 Å². The van der Waals surface area contributed by atoms with E-state index in [9.17, 15) is 4.79 Å². The van der Waals surface area contributed by atoms with Gasteiger partial charge < -0.3 is 14.4 Å². The standard InChI is InChI=1S/C15H19ClN2O3/c1-14(2,3)21-13(19)18-5-4-15(9-18)7-10-8-17-12(16)6-11(10)20-15/h6,8H,4-5,7,9H2,1-3H3. The number of hydrogen-bond donors (Lipinski definition) is 0. The number of nitrogens with zero attached hydrogens (tertiary/aromatic N) is 2. The van der Waals surface area contributed by atoms with Crippen LogP contribution in [0.5, 0.6) is 5.75 Å². The fraction of sp³-hybridized carbons (Fsp3) is 0.600. The van der Waals surface area contributed by atoms with E-state index in [1.54, 1.807) is 17.2 Å². The summed E-state index contributed by atoms with van der Waals surface area (Å²) in [7, 11) is 0. The van der Waals surface area contributed by atoms with Gasteiger partial charge in [-0.05, 0) is 20.8 Å². The van der Waals surface area contributed by atoms with Gasteiger partial charge in [-0.2, -0.15) is 0 Å². The van der Waals surface area contributed by atoms with Crippen LogP contribution in [0.3, 0.4) is 0 Å². The Labute approximate surface area is 129 Å². The van der Waals surface area contributed by atoms with Gasteiger partial charge in [0.05, 0.1) is 6.54 Å². The van der Waals surface area contributed by atoms with Crippen LogP contribution in [-0.2, 0) is 11.2 Å². The second-order valence-electron chi connectivity index (χ2n) is 6.73. The minimum absolute atomic E-state index is 0.282. The highest BCUT2D eigenvalue weighted by Gasteiger charge is 2.47. The molecule has 0 N–H and O–H groups in total. The third-order valence-corrected chi connectivity index (χ3v) is 3.92. The lowest BCUT2D eigenvalue weighted by Crippen LogP contribution is -2.41. The molecule has 0 radical (unpaired) electrons. The van der Waals surface area contributed by atoms with Crippen LogP contribution in [0.25, 0.3) is 0 Å². The molecule has 1 spiro atoms. The summed E-state index contributed by atoms with van der Waals surface area (Å²) in [5, 5.41) is 0.424. The smallest absolute Gasteiger partial charge is 0.410 e. The number of ether oxygens (including phenoxy) is 2. The van der Waals surface area contributed by atoms with Crippen LogP contribution in [0.2, 0.25) is 5.15 Å². The fourth-order valence-electron chi connectivity index (χ4n) is 2.84. The summed E-state index contributed by atoms with van der Waals surface area (Å²) < 4.78 is 11.5. The number of halogens is 1. The van der Waals surface area contributed by atoms with Gasteiger partial charge in [-0.1, -0.05) is 11.6 Å². The highest BCUT2D eigenvalue weighted by atomic mass is 35.5. The predicted octanol–water partition coefficient (Wildman–Crippen LogP) is 3.05. The first-order chi connectivity index (χ1) is 9.76. The molecule has 2 aliphatic heterocycles. The van der Waals surface area contributed by atoms with Gasteiger partial charge in [0, 0.05) is 37.2 Å². The highest BCUT2D eigenvalue weighted by molar-refractivity contribution is 6.29. The molecule has 3 heterocycles. The summed E-state index contributed by atoms with van der Waals surface area (Å²) >= 11 is 5.89. The second-order valence-corrected chi connectivity index (χ2v) is 7.12. The number of aromatic nitrogens is 1. The molecule has 0 bridgehead atoms. The van der Waals surface area contributed by atoms with Crippen LogP contribution in [-0.4, -0.2) is 40.3 Å². The molecule has 1 amide bonds. The van der Waals surface area contributed by atoms with Gasteiger partial charge in [-0.25, -0.2) is 9.78 Å². The van der Waals surface area contributed by atoms with Crippen molar-refractivity contribution in [2.45, 2.75) is 44.8 Å². The number of rotatable bonds is 0. The van der Waals surface area contributed by atoms with E-state index in [0.717, 1.165) is 24.2 Å². The summed E-state index contributed by atoms with van der Waals surface area (Å²) in [4.78, 5) is 17.9. The molecule has 114 valence electrons. The zero-order chi connectivity index (χ0) is 15.3. The average Bonchev–Trinajstić information content (AvgIpc) is 2.90. The minimum Gasteiger partial charge on any atom is -0.485 e. The molecule has 3 rings (SSSR count). The third-order valence-electron chi connectivity index (χ3n) is 3.72. The van der Waals surface area contributed by atoms with Gasteiger partial charge in [0.25, 0.3) is 0 Å². The number of carbonyl (C=O) groups is 1. The molecule has 1 saturated heterocycles. The largest absolute Gasteiger partial charge is 0.485 e. The number of fused-ring (bicyclic) bond motifs is 1. The zero-order valence-corrected chi connectivity index (χ0v) is 13.2. The van der Waals surface area contributed by atoms with E-state index >= 15 is 0 Å². The molecule has 1 atom stereocenters. The Balaban J connectivity index is 1.70. The van der Waals surface area contributed by atoms with Crippen LogP contribution in [0.1, 0.15) is 32.8 Å². The van der Waals surface area contributed by atoms with Crippen molar-refractivity contribution in [3.05, 3.63) is 23.0 Å². The van der Waals surface area contributed by atoms with Crippen molar-refractivity contribution in [2.75, 3.05) is 13.1 Å². The maximum atomic E-state index is 12.1. The van der Waals surface area contributed by atoms with E-state index in [1.807, 2.05) is 20.8 Å². The molecule has 5 nitrogen and oxygen atoms in total. The highest BCUT2D eigenvalue weighted by Crippen LogP contribution is 2.41. The van der Waals surface area contributed by atoms with Crippen molar-refractivity contribution >= 4 is 17.7 Å². The van der Waals surface area contributed by atoms with Crippen LogP contribution in [0.15, 0.2) is 12.3 Å². The first-order valence-electron chi connectivity index (χ1n) is 7.08. The van der Waals surface area contributed by atoms with Crippen molar-refractivity contribution in [3.63, 3.8) is 0 Å². The fourth-order valence-corrected chi connectivity index (χ4v) is 2.99. The van der Waals surface area contributed by atoms with Crippen LogP contribution in [0, 0.1) is 0 Å². The third kappa shape index (κ3) is 2.93. The maximum absolute atomic E-state index is 12.1. The van der Waals surface area contributed by atoms with Crippen molar-refractivity contribution in [1.29, 1.82) is 0 Å². The molecular formula is C15H19ClN2O3. The van der Waals surface area contributed by atoms with Crippen molar-refractivity contribution in [2.24, 2.45) is 0 Å². The lowest BCUT2D eigenvalue weighted by atomic mass is 9.97. The van der Waals surface area contributed by atoms with E-state index in [4.69, 9.17) is 21.1 Å². The topological polar surface area (TPSA) is 51.7 Å². The predicted molar refractivity (Wildman–Crippen MR) is 78.7 cm³/mol. The molecule has 21 heavy (non-hydrogen) atoms. The Kier molecular flexibility index (Phi) is 3.28. The molecular weight excluding hydrogens is 292 g/mol. The van der Waals surface area contributed by atoms with Gasteiger partial charge in [-0.15, -0.1) is 0 Å². The lowest BCUT2D eigenvalue weighted by Gasteiger charge is -2.26. The van der Waals surface area contributed by atoms with E-state index in [1.165, 1.54) is 0 Å². The number of amides is 1. The van der Waals surface area contributed by atoms with Gasteiger partial charge in [0.2, 0.25) is 0 Å². The molecule has 1 aromatic rings. The number of likely N-dealkylation sites (tertiary alicyclic amines) is 1. The molecule has 6 heteroatoms. The van der Waals surface area contributed by atoms with Crippen LogP contribution >= 0.6 is 11.6 Å².